The number of nitrogens with zero attached hydrogens (tertiary/aromatic N) is 1. The predicted octanol–water partition coefficient (Wildman–Crippen LogP) is 5.11. The van der Waals surface area contributed by atoms with Gasteiger partial charge in [-0.1, -0.05) is 48.7 Å². The van der Waals surface area contributed by atoms with E-state index in [1.165, 1.54) is 29.5 Å². The second kappa shape index (κ2) is 11.2. The van der Waals surface area contributed by atoms with Crippen LogP contribution in [0.4, 0.5) is 0 Å². The zero-order chi connectivity index (χ0) is 24.1. The molecule has 4 rings (SSSR count). The first kappa shape index (κ1) is 24.6. The molecule has 0 aromatic heterocycles. The van der Waals surface area contributed by atoms with E-state index < -0.39 is 0 Å². The number of thioether (sulfide) groups is 1. The standard InChI is InChI=1S/C28H34N2O3S/c1-19-8-9-20(2)23(16-19)18-30-24-6-4-5-7-25(24)34-26(28(30)32)17-21-10-12-22(13-11-21)27(31)29-14-15-33-3/h8-13,16-17,24-25H,4-7,14-15,18H2,1-3H3,(H,29,31)/b26-17-. The third-order valence-electron chi connectivity index (χ3n) is 6.73. The number of methoxy groups -OCH3 is 1. The van der Waals surface area contributed by atoms with Crippen LogP contribution in [0, 0.1) is 13.8 Å². The van der Waals surface area contributed by atoms with Crippen molar-refractivity contribution in [3.05, 3.63) is 75.2 Å². The monoisotopic (exact) mass is 478 g/mol. The van der Waals surface area contributed by atoms with Crippen LogP contribution in [0.15, 0.2) is 47.4 Å². The number of carbonyl (C=O) groups excluding carboxylic acids is 2. The Hall–Kier alpha value is -2.57. The summed E-state index contributed by atoms with van der Waals surface area (Å²) in [6.07, 6.45) is 6.61. The van der Waals surface area contributed by atoms with Crippen molar-refractivity contribution in [2.45, 2.75) is 57.4 Å². The molecule has 180 valence electrons. The van der Waals surface area contributed by atoms with E-state index >= 15 is 0 Å². The number of carbonyl (C=O) groups is 2. The maximum atomic E-state index is 13.7. The number of nitrogens with one attached hydrogen (secondary N) is 1. The van der Waals surface area contributed by atoms with Gasteiger partial charge < -0.3 is 15.0 Å². The van der Waals surface area contributed by atoms with Crippen LogP contribution in [0.1, 0.15) is 58.3 Å². The lowest BCUT2D eigenvalue weighted by molar-refractivity contribution is -0.130. The van der Waals surface area contributed by atoms with Gasteiger partial charge in [-0.3, -0.25) is 9.59 Å². The highest BCUT2D eigenvalue weighted by molar-refractivity contribution is 8.04. The van der Waals surface area contributed by atoms with E-state index in [1.807, 2.05) is 30.3 Å². The molecule has 1 saturated carbocycles. The topological polar surface area (TPSA) is 58.6 Å². The van der Waals surface area contributed by atoms with Gasteiger partial charge >= 0.3 is 0 Å². The van der Waals surface area contributed by atoms with Gasteiger partial charge in [0, 0.05) is 37.1 Å². The average molecular weight is 479 g/mol. The van der Waals surface area contributed by atoms with E-state index in [2.05, 4.69) is 42.3 Å². The van der Waals surface area contributed by atoms with Crippen LogP contribution in [-0.2, 0) is 16.1 Å². The Morgan fingerprint density at radius 3 is 2.68 bits per heavy atom. The molecule has 1 aliphatic carbocycles. The Morgan fingerprint density at radius 1 is 1.15 bits per heavy atom. The Labute approximate surface area is 206 Å². The Balaban J connectivity index is 1.55. The summed E-state index contributed by atoms with van der Waals surface area (Å²) < 4.78 is 4.98. The fourth-order valence-electron chi connectivity index (χ4n) is 4.77. The molecular weight excluding hydrogens is 444 g/mol. The molecular formula is C28H34N2O3S. The molecule has 0 radical (unpaired) electrons. The quantitative estimate of drug-likeness (QED) is 0.444. The van der Waals surface area contributed by atoms with E-state index in [1.54, 1.807) is 18.9 Å². The molecule has 2 aromatic carbocycles. The molecule has 0 spiro atoms. The first-order chi connectivity index (χ1) is 16.5. The molecule has 2 aliphatic rings. The number of rotatable bonds is 7. The molecule has 1 N–H and O–H groups in total. The second-order valence-corrected chi connectivity index (χ2v) is 10.5. The number of amides is 2. The Kier molecular flexibility index (Phi) is 8.11. The molecule has 2 aromatic rings. The Morgan fingerprint density at radius 2 is 1.91 bits per heavy atom. The molecule has 2 atom stereocenters. The highest BCUT2D eigenvalue weighted by Crippen LogP contribution is 2.42. The maximum Gasteiger partial charge on any atom is 0.260 e. The van der Waals surface area contributed by atoms with Crippen molar-refractivity contribution < 1.29 is 14.3 Å². The number of hydrogen-bond donors (Lipinski definition) is 1. The summed E-state index contributed by atoms with van der Waals surface area (Å²) >= 11 is 1.74. The lowest BCUT2D eigenvalue weighted by Gasteiger charge is -2.44. The minimum Gasteiger partial charge on any atom is -0.383 e. The molecule has 2 amide bonds. The molecule has 0 bridgehead atoms. The fraction of sp³-hybridized carbons (Fsp3) is 0.429. The van der Waals surface area contributed by atoms with E-state index in [-0.39, 0.29) is 11.8 Å². The van der Waals surface area contributed by atoms with Crippen LogP contribution in [-0.4, -0.2) is 48.3 Å². The van der Waals surface area contributed by atoms with Gasteiger partial charge in [0.05, 0.1) is 11.5 Å². The van der Waals surface area contributed by atoms with Crippen LogP contribution in [0.2, 0.25) is 0 Å². The summed E-state index contributed by atoms with van der Waals surface area (Å²) in [7, 11) is 1.61. The molecule has 34 heavy (non-hydrogen) atoms. The van der Waals surface area contributed by atoms with Gasteiger partial charge in [-0.2, -0.15) is 0 Å². The number of ether oxygens (including phenoxy) is 1. The molecule has 1 heterocycles. The molecule has 1 aliphatic heterocycles. The molecule has 6 heteroatoms. The van der Waals surface area contributed by atoms with Crippen LogP contribution >= 0.6 is 11.8 Å². The van der Waals surface area contributed by atoms with E-state index in [0.717, 1.165) is 23.3 Å². The minimum absolute atomic E-state index is 0.121. The molecule has 2 fully saturated rings. The highest BCUT2D eigenvalue weighted by Gasteiger charge is 2.40. The van der Waals surface area contributed by atoms with Gasteiger partial charge in [-0.15, -0.1) is 11.8 Å². The summed E-state index contributed by atoms with van der Waals surface area (Å²) in [6, 6.07) is 14.2. The SMILES string of the molecule is COCCNC(=O)c1ccc(/C=C2\SC3CCCCC3N(Cc3cc(C)ccc3C)C2=O)cc1. The number of aryl methyl sites for hydroxylation is 2. The average Bonchev–Trinajstić information content (AvgIpc) is 2.84. The van der Waals surface area contributed by atoms with Gasteiger partial charge in [-0.05, 0) is 61.6 Å². The summed E-state index contributed by atoms with van der Waals surface area (Å²) in [5, 5.41) is 3.27. The van der Waals surface area contributed by atoms with Crippen LogP contribution < -0.4 is 5.32 Å². The van der Waals surface area contributed by atoms with Crippen LogP contribution in [0.25, 0.3) is 6.08 Å². The third kappa shape index (κ3) is 5.73. The fourth-order valence-corrected chi connectivity index (χ4v) is 6.24. The second-order valence-electron chi connectivity index (χ2n) is 9.25. The summed E-state index contributed by atoms with van der Waals surface area (Å²) in [5.41, 5.74) is 5.22. The van der Waals surface area contributed by atoms with Gasteiger partial charge in [0.15, 0.2) is 0 Å². The molecule has 5 nitrogen and oxygen atoms in total. The molecule has 1 saturated heterocycles. The van der Waals surface area contributed by atoms with Gasteiger partial charge in [0.25, 0.3) is 11.8 Å². The third-order valence-corrected chi connectivity index (χ3v) is 8.12. The van der Waals surface area contributed by atoms with Gasteiger partial charge in [-0.25, -0.2) is 0 Å². The highest BCUT2D eigenvalue weighted by atomic mass is 32.2. The number of fused-ring (bicyclic) bond motifs is 1. The maximum absolute atomic E-state index is 13.7. The lowest BCUT2D eigenvalue weighted by Crippen LogP contribution is -2.50. The zero-order valence-electron chi connectivity index (χ0n) is 20.3. The van der Waals surface area contributed by atoms with Crippen LogP contribution in [0.3, 0.4) is 0 Å². The molecule has 2 unspecified atom stereocenters. The largest absolute Gasteiger partial charge is 0.383 e. The number of benzene rings is 2. The number of hydrogen-bond acceptors (Lipinski definition) is 4. The lowest BCUT2D eigenvalue weighted by atomic mass is 9.92. The first-order valence-corrected chi connectivity index (χ1v) is 13.0. The van der Waals surface area contributed by atoms with E-state index in [0.29, 0.717) is 36.6 Å². The minimum atomic E-state index is -0.121. The van der Waals surface area contributed by atoms with Crippen molar-refractivity contribution >= 4 is 29.7 Å². The van der Waals surface area contributed by atoms with E-state index in [4.69, 9.17) is 4.74 Å². The summed E-state index contributed by atoms with van der Waals surface area (Å²) in [5.74, 6) is -0.000408. The van der Waals surface area contributed by atoms with Gasteiger partial charge in [0.2, 0.25) is 0 Å². The Bertz CT molecular complexity index is 1060. The van der Waals surface area contributed by atoms with Crippen LogP contribution in [0.5, 0.6) is 0 Å². The summed E-state index contributed by atoms with van der Waals surface area (Å²) in [6.45, 7) is 5.85. The summed E-state index contributed by atoms with van der Waals surface area (Å²) in [4.78, 5) is 28.8. The zero-order valence-corrected chi connectivity index (χ0v) is 21.1. The predicted molar refractivity (Wildman–Crippen MR) is 139 cm³/mol. The van der Waals surface area contributed by atoms with Crippen molar-refractivity contribution in [1.82, 2.24) is 10.2 Å². The van der Waals surface area contributed by atoms with Crippen molar-refractivity contribution in [1.29, 1.82) is 0 Å². The van der Waals surface area contributed by atoms with Crippen molar-refractivity contribution in [2.75, 3.05) is 20.3 Å². The van der Waals surface area contributed by atoms with Crippen molar-refractivity contribution in [3.63, 3.8) is 0 Å². The van der Waals surface area contributed by atoms with Crippen molar-refractivity contribution in [3.8, 4) is 0 Å². The first-order valence-electron chi connectivity index (χ1n) is 12.1. The van der Waals surface area contributed by atoms with Crippen molar-refractivity contribution in [2.24, 2.45) is 0 Å². The smallest absolute Gasteiger partial charge is 0.260 e. The van der Waals surface area contributed by atoms with Gasteiger partial charge in [0.1, 0.15) is 0 Å². The normalized spacial score (nSPS) is 21.4. The van der Waals surface area contributed by atoms with E-state index in [9.17, 15) is 9.59 Å².